The number of carbonyl (C=O) groups excluding carboxylic acids is 2. The minimum atomic E-state index is -4.70. The van der Waals surface area contributed by atoms with Crippen LogP contribution in [0, 0.1) is 5.82 Å². The van der Waals surface area contributed by atoms with Crippen LogP contribution in [0.25, 0.3) is 0 Å². The topological polar surface area (TPSA) is 76.7 Å². The molecule has 0 aromatic heterocycles. The van der Waals surface area contributed by atoms with Gasteiger partial charge in [0, 0.05) is 19.0 Å². The number of nitrogens with one attached hydrogen (secondary N) is 2. The molecular formula is C20H17ClF4N2O4. The Morgan fingerprint density at radius 3 is 2.55 bits per heavy atom. The molecule has 1 aliphatic heterocycles. The number of amides is 2. The Balaban J connectivity index is 1.96. The summed E-state index contributed by atoms with van der Waals surface area (Å²) in [7, 11) is 1.22. The third kappa shape index (κ3) is 5.19. The van der Waals surface area contributed by atoms with Gasteiger partial charge in [-0.25, -0.2) is 4.39 Å². The van der Waals surface area contributed by atoms with Crippen LogP contribution in [0.1, 0.15) is 28.8 Å². The maximum atomic E-state index is 14.2. The second-order valence-corrected chi connectivity index (χ2v) is 7.10. The van der Waals surface area contributed by atoms with Crippen molar-refractivity contribution in [3.8, 4) is 17.2 Å². The molecule has 0 saturated carbocycles. The molecule has 0 bridgehead atoms. The summed E-state index contributed by atoms with van der Waals surface area (Å²) in [5.74, 6) is -2.92. The standard InChI is InChI=1S/C20H17ClF4N2O4/c1-30-14-5-4-13(17(21)18(14)22)31-15-8-10(20(23,24)25)2-3-12(15)19(29)27-11-6-7-26-16(28)9-11/h2-5,8,11H,6-7,9H2,1H3,(H,26,28)(H,27,29). The predicted octanol–water partition coefficient (Wildman–Crippen LogP) is 4.31. The van der Waals surface area contributed by atoms with Gasteiger partial charge in [0.25, 0.3) is 5.91 Å². The molecule has 166 valence electrons. The molecule has 2 aromatic rings. The third-order valence-corrected chi connectivity index (χ3v) is 4.94. The van der Waals surface area contributed by atoms with Crippen molar-refractivity contribution in [3.63, 3.8) is 0 Å². The molecule has 0 radical (unpaired) electrons. The van der Waals surface area contributed by atoms with E-state index in [0.29, 0.717) is 19.0 Å². The molecule has 0 aliphatic carbocycles. The van der Waals surface area contributed by atoms with Gasteiger partial charge in [0.05, 0.1) is 18.2 Å². The van der Waals surface area contributed by atoms with E-state index in [-0.39, 0.29) is 29.4 Å². The van der Waals surface area contributed by atoms with Crippen LogP contribution >= 0.6 is 11.6 Å². The third-order valence-electron chi connectivity index (χ3n) is 4.59. The quantitative estimate of drug-likeness (QED) is 0.652. The van der Waals surface area contributed by atoms with Crippen molar-refractivity contribution in [2.75, 3.05) is 13.7 Å². The zero-order valence-corrected chi connectivity index (χ0v) is 16.9. The molecule has 31 heavy (non-hydrogen) atoms. The van der Waals surface area contributed by atoms with Gasteiger partial charge in [0.2, 0.25) is 5.91 Å². The summed E-state index contributed by atoms with van der Waals surface area (Å²) < 4.78 is 64.0. The lowest BCUT2D eigenvalue weighted by Gasteiger charge is -2.23. The van der Waals surface area contributed by atoms with Gasteiger partial charge >= 0.3 is 6.18 Å². The van der Waals surface area contributed by atoms with E-state index < -0.39 is 40.3 Å². The first-order chi connectivity index (χ1) is 14.6. The van der Waals surface area contributed by atoms with Gasteiger partial charge in [-0.3, -0.25) is 9.59 Å². The molecule has 1 aliphatic rings. The van der Waals surface area contributed by atoms with Gasteiger partial charge in [-0.05, 0) is 36.8 Å². The lowest BCUT2D eigenvalue weighted by atomic mass is 10.0. The first-order valence-electron chi connectivity index (χ1n) is 9.08. The van der Waals surface area contributed by atoms with E-state index in [2.05, 4.69) is 10.6 Å². The molecule has 1 atom stereocenters. The highest BCUT2D eigenvalue weighted by molar-refractivity contribution is 6.32. The summed E-state index contributed by atoms with van der Waals surface area (Å²) in [6.07, 6.45) is -4.20. The van der Waals surface area contributed by atoms with Crippen molar-refractivity contribution in [1.29, 1.82) is 0 Å². The molecule has 1 fully saturated rings. The SMILES string of the molecule is COc1ccc(Oc2cc(C(F)(F)F)ccc2C(=O)NC2CCNC(=O)C2)c(Cl)c1F. The Kier molecular flexibility index (Phi) is 6.59. The van der Waals surface area contributed by atoms with Crippen molar-refractivity contribution in [1.82, 2.24) is 10.6 Å². The minimum Gasteiger partial charge on any atom is -0.494 e. The largest absolute Gasteiger partial charge is 0.494 e. The summed E-state index contributed by atoms with van der Waals surface area (Å²) in [5, 5.41) is 4.70. The van der Waals surface area contributed by atoms with Crippen LogP contribution in [0.2, 0.25) is 5.02 Å². The summed E-state index contributed by atoms with van der Waals surface area (Å²) >= 11 is 5.91. The normalized spacial score (nSPS) is 16.5. The van der Waals surface area contributed by atoms with E-state index in [1.807, 2.05) is 0 Å². The highest BCUT2D eigenvalue weighted by Gasteiger charge is 2.32. The second-order valence-electron chi connectivity index (χ2n) is 6.72. The van der Waals surface area contributed by atoms with E-state index >= 15 is 0 Å². The maximum Gasteiger partial charge on any atom is 0.416 e. The Labute approximate surface area is 179 Å². The Hall–Kier alpha value is -3.01. The van der Waals surface area contributed by atoms with Crippen molar-refractivity contribution < 1.29 is 36.6 Å². The van der Waals surface area contributed by atoms with Crippen LogP contribution in [-0.2, 0) is 11.0 Å². The fourth-order valence-corrected chi connectivity index (χ4v) is 3.20. The van der Waals surface area contributed by atoms with Crippen LogP contribution in [-0.4, -0.2) is 31.5 Å². The summed E-state index contributed by atoms with van der Waals surface area (Å²) in [5.41, 5.74) is -1.30. The van der Waals surface area contributed by atoms with Gasteiger partial charge < -0.3 is 20.1 Å². The van der Waals surface area contributed by atoms with Gasteiger partial charge in [-0.15, -0.1) is 0 Å². The first-order valence-corrected chi connectivity index (χ1v) is 9.46. The number of ether oxygens (including phenoxy) is 2. The van der Waals surface area contributed by atoms with Crippen molar-refractivity contribution in [3.05, 3.63) is 52.3 Å². The lowest BCUT2D eigenvalue weighted by molar-refractivity contribution is -0.137. The summed E-state index contributed by atoms with van der Waals surface area (Å²) in [6.45, 7) is 0.362. The molecular weight excluding hydrogens is 444 g/mol. The highest BCUT2D eigenvalue weighted by atomic mass is 35.5. The van der Waals surface area contributed by atoms with Crippen LogP contribution < -0.4 is 20.1 Å². The van der Waals surface area contributed by atoms with Crippen LogP contribution in [0.3, 0.4) is 0 Å². The first kappa shape index (κ1) is 22.7. The fraction of sp³-hybridized carbons (Fsp3) is 0.300. The summed E-state index contributed by atoms with van der Waals surface area (Å²) in [6, 6.07) is 4.21. The average molecular weight is 461 g/mol. The van der Waals surface area contributed by atoms with Gasteiger partial charge in [0.15, 0.2) is 11.6 Å². The summed E-state index contributed by atoms with van der Waals surface area (Å²) in [4.78, 5) is 24.2. The molecule has 1 heterocycles. The van der Waals surface area contributed by atoms with Crippen molar-refractivity contribution in [2.24, 2.45) is 0 Å². The number of piperidine rings is 1. The molecule has 3 rings (SSSR count). The molecule has 6 nitrogen and oxygen atoms in total. The van der Waals surface area contributed by atoms with E-state index in [0.717, 1.165) is 12.1 Å². The van der Waals surface area contributed by atoms with Crippen molar-refractivity contribution >= 4 is 23.4 Å². The predicted molar refractivity (Wildman–Crippen MR) is 103 cm³/mol. The Bertz CT molecular complexity index is 1010. The number of hydrogen-bond acceptors (Lipinski definition) is 4. The number of carbonyl (C=O) groups is 2. The average Bonchev–Trinajstić information content (AvgIpc) is 2.71. The van der Waals surface area contributed by atoms with E-state index in [1.54, 1.807) is 0 Å². The number of halogens is 5. The van der Waals surface area contributed by atoms with Crippen LogP contribution in [0.15, 0.2) is 30.3 Å². The van der Waals surface area contributed by atoms with E-state index in [1.165, 1.54) is 19.2 Å². The van der Waals surface area contributed by atoms with E-state index in [9.17, 15) is 27.2 Å². The second kappa shape index (κ2) is 9.01. The molecule has 1 saturated heterocycles. The maximum absolute atomic E-state index is 14.2. The minimum absolute atomic E-state index is 0.0398. The van der Waals surface area contributed by atoms with Crippen LogP contribution in [0.5, 0.6) is 17.2 Å². The number of hydrogen-bond donors (Lipinski definition) is 2. The molecule has 2 N–H and O–H groups in total. The van der Waals surface area contributed by atoms with Crippen molar-refractivity contribution in [2.45, 2.75) is 25.1 Å². The highest BCUT2D eigenvalue weighted by Crippen LogP contribution is 2.39. The number of methoxy groups -OCH3 is 1. The number of rotatable bonds is 5. The Morgan fingerprint density at radius 1 is 1.19 bits per heavy atom. The molecule has 0 spiro atoms. The van der Waals surface area contributed by atoms with E-state index in [4.69, 9.17) is 21.1 Å². The zero-order valence-electron chi connectivity index (χ0n) is 16.1. The number of alkyl halides is 3. The zero-order chi connectivity index (χ0) is 22.8. The molecule has 2 amide bonds. The van der Waals surface area contributed by atoms with Gasteiger partial charge in [-0.2, -0.15) is 13.2 Å². The fourth-order valence-electron chi connectivity index (χ4n) is 3.01. The van der Waals surface area contributed by atoms with Gasteiger partial charge in [-0.1, -0.05) is 11.6 Å². The smallest absolute Gasteiger partial charge is 0.416 e. The number of benzene rings is 2. The molecule has 1 unspecified atom stereocenters. The lowest BCUT2D eigenvalue weighted by Crippen LogP contribution is -2.45. The molecule has 11 heteroatoms. The Morgan fingerprint density at radius 2 is 1.90 bits per heavy atom. The van der Waals surface area contributed by atoms with Crippen LogP contribution in [0.4, 0.5) is 17.6 Å². The van der Waals surface area contributed by atoms with Gasteiger partial charge in [0.1, 0.15) is 16.5 Å². The monoisotopic (exact) mass is 460 g/mol. The molecule has 2 aromatic carbocycles.